The quantitative estimate of drug-likeness (QED) is 0.453. The fourth-order valence-electron chi connectivity index (χ4n) is 1.86. The summed E-state index contributed by atoms with van der Waals surface area (Å²) in [6.45, 7) is 1.87. The van der Waals surface area contributed by atoms with Crippen LogP contribution in [-0.2, 0) is 4.79 Å². The molecule has 0 heterocycles. The van der Waals surface area contributed by atoms with E-state index in [9.17, 15) is 4.79 Å². The number of nitrogens with one attached hydrogen (secondary N) is 1. The zero-order valence-corrected chi connectivity index (χ0v) is 15.1. The van der Waals surface area contributed by atoms with Crippen molar-refractivity contribution in [1.29, 1.82) is 0 Å². The molecule has 0 aliphatic heterocycles. The van der Waals surface area contributed by atoms with E-state index in [0.29, 0.717) is 17.9 Å². The van der Waals surface area contributed by atoms with E-state index in [2.05, 4.69) is 42.4 Å². The summed E-state index contributed by atoms with van der Waals surface area (Å²) in [7, 11) is 3.16. The lowest BCUT2D eigenvalue weighted by molar-refractivity contribution is -0.125. The van der Waals surface area contributed by atoms with Gasteiger partial charge in [0, 0.05) is 11.6 Å². The topological polar surface area (TPSA) is 59.9 Å². The number of carbonyl (C=O) groups excluding carboxylic acids is 1. The summed E-state index contributed by atoms with van der Waals surface area (Å²) < 4.78 is 10.1. The van der Waals surface area contributed by atoms with Gasteiger partial charge in [-0.05, 0) is 25.5 Å². The lowest BCUT2D eigenvalue weighted by Crippen LogP contribution is -2.29. The summed E-state index contributed by atoms with van der Waals surface area (Å²) in [6.07, 6.45) is 2.26. The van der Waals surface area contributed by atoms with Crippen LogP contribution in [0.1, 0.15) is 18.9 Å². The van der Waals surface area contributed by atoms with Crippen molar-refractivity contribution >= 4 is 44.0 Å². The molecule has 1 fully saturated rings. The number of nitrogens with zero attached hydrogens (tertiary/aromatic N) is 1. The molecular formula is C14H16Br2N2O3. The van der Waals surface area contributed by atoms with Crippen LogP contribution in [0.25, 0.3) is 0 Å². The minimum Gasteiger partial charge on any atom is -0.497 e. The van der Waals surface area contributed by atoms with Gasteiger partial charge < -0.3 is 9.47 Å². The number of halogens is 2. The van der Waals surface area contributed by atoms with Crippen molar-refractivity contribution in [3.63, 3.8) is 0 Å². The molecule has 1 N–H and O–H groups in total. The van der Waals surface area contributed by atoms with E-state index < -0.39 is 5.41 Å². The standard InChI is InChI=1S/C14H16Br2N2O3/c1-13(8-14(13,15)16)12(19)18-17-7-9-4-5-10(20-2)6-11(9)21-3/h4-7H,8H2,1-3H3,(H,18,19)/b17-7-/t13-/m1/s1. The molecule has 1 saturated carbocycles. The van der Waals surface area contributed by atoms with Crippen LogP contribution in [0.5, 0.6) is 11.5 Å². The molecule has 1 aliphatic rings. The van der Waals surface area contributed by atoms with Crippen molar-refractivity contribution in [2.45, 2.75) is 16.6 Å². The van der Waals surface area contributed by atoms with Gasteiger partial charge in [-0.1, -0.05) is 31.9 Å². The minimum atomic E-state index is -0.492. The average molecular weight is 420 g/mol. The summed E-state index contributed by atoms with van der Waals surface area (Å²) in [5.41, 5.74) is 2.81. The van der Waals surface area contributed by atoms with E-state index in [1.165, 1.54) is 0 Å². The Hall–Kier alpha value is -1.08. The number of rotatable bonds is 5. The first-order valence-corrected chi connectivity index (χ1v) is 7.86. The maximum atomic E-state index is 12.1. The van der Waals surface area contributed by atoms with Gasteiger partial charge in [-0.3, -0.25) is 4.79 Å². The van der Waals surface area contributed by atoms with Gasteiger partial charge in [-0.25, -0.2) is 5.43 Å². The maximum absolute atomic E-state index is 12.1. The fraction of sp³-hybridized carbons (Fsp3) is 0.429. The highest BCUT2D eigenvalue weighted by Gasteiger charge is 2.66. The first kappa shape index (κ1) is 16.3. The lowest BCUT2D eigenvalue weighted by atomic mass is 10.1. The highest BCUT2D eigenvalue weighted by Crippen LogP contribution is 2.66. The van der Waals surface area contributed by atoms with E-state index >= 15 is 0 Å². The van der Waals surface area contributed by atoms with Gasteiger partial charge in [0.15, 0.2) is 0 Å². The number of carbonyl (C=O) groups is 1. The van der Waals surface area contributed by atoms with Gasteiger partial charge >= 0.3 is 0 Å². The van der Waals surface area contributed by atoms with Crippen LogP contribution in [0.2, 0.25) is 0 Å². The van der Waals surface area contributed by atoms with Crippen LogP contribution in [-0.4, -0.2) is 29.6 Å². The molecule has 1 aromatic rings. The molecule has 21 heavy (non-hydrogen) atoms. The number of hydrogen-bond donors (Lipinski definition) is 1. The summed E-state index contributed by atoms with van der Waals surface area (Å²) in [4.78, 5) is 12.1. The Balaban J connectivity index is 2.04. The van der Waals surface area contributed by atoms with Crippen molar-refractivity contribution < 1.29 is 14.3 Å². The summed E-state index contributed by atoms with van der Waals surface area (Å²) in [5, 5.41) is 3.99. The van der Waals surface area contributed by atoms with Crippen molar-refractivity contribution in [2.24, 2.45) is 10.5 Å². The Labute approximate surface area is 140 Å². The Bertz CT molecular complexity index is 590. The van der Waals surface area contributed by atoms with Gasteiger partial charge in [0.25, 0.3) is 0 Å². The van der Waals surface area contributed by atoms with Crippen molar-refractivity contribution in [3.8, 4) is 11.5 Å². The average Bonchev–Trinajstić information content (AvgIpc) is 2.99. The second-order valence-electron chi connectivity index (χ2n) is 5.02. The number of amides is 1. The predicted molar refractivity (Wildman–Crippen MR) is 88.6 cm³/mol. The molecule has 2 rings (SSSR count). The van der Waals surface area contributed by atoms with Crippen molar-refractivity contribution in [1.82, 2.24) is 5.43 Å². The molecule has 1 amide bonds. The smallest absolute Gasteiger partial charge is 0.248 e. The second kappa shape index (κ2) is 5.96. The van der Waals surface area contributed by atoms with Crippen LogP contribution < -0.4 is 14.9 Å². The van der Waals surface area contributed by atoms with E-state index in [1.807, 2.05) is 13.0 Å². The van der Waals surface area contributed by atoms with Gasteiger partial charge in [-0.2, -0.15) is 5.10 Å². The SMILES string of the molecule is COc1ccc(/C=N\NC(=O)[C@@]2(C)CC2(Br)Br)c(OC)c1. The number of ether oxygens (including phenoxy) is 2. The van der Waals surface area contributed by atoms with E-state index in [4.69, 9.17) is 9.47 Å². The number of hydrogen-bond acceptors (Lipinski definition) is 4. The Morgan fingerprint density at radius 1 is 1.38 bits per heavy atom. The maximum Gasteiger partial charge on any atom is 0.248 e. The number of methoxy groups -OCH3 is 2. The second-order valence-corrected chi connectivity index (χ2v) is 8.79. The Kier molecular flexibility index (Phi) is 4.63. The summed E-state index contributed by atoms with van der Waals surface area (Å²) in [5.74, 6) is 1.18. The molecule has 0 spiro atoms. The van der Waals surface area contributed by atoms with Crippen molar-refractivity contribution in [2.75, 3.05) is 14.2 Å². The molecule has 5 nitrogen and oxygen atoms in total. The van der Waals surface area contributed by atoms with Crippen LogP contribution in [0, 0.1) is 5.41 Å². The number of benzene rings is 1. The van der Waals surface area contributed by atoms with E-state index in [-0.39, 0.29) is 9.14 Å². The lowest BCUT2D eigenvalue weighted by Gasteiger charge is -2.10. The molecule has 0 aromatic heterocycles. The molecule has 0 radical (unpaired) electrons. The molecule has 0 unspecified atom stereocenters. The zero-order valence-electron chi connectivity index (χ0n) is 11.9. The summed E-state index contributed by atoms with van der Waals surface area (Å²) >= 11 is 6.91. The Morgan fingerprint density at radius 3 is 2.57 bits per heavy atom. The fourth-order valence-corrected chi connectivity index (χ4v) is 3.34. The molecule has 1 atom stereocenters. The monoisotopic (exact) mass is 418 g/mol. The highest BCUT2D eigenvalue weighted by atomic mass is 79.9. The molecule has 1 aromatic carbocycles. The van der Waals surface area contributed by atoms with Crippen LogP contribution in [0.15, 0.2) is 23.3 Å². The number of hydrazone groups is 1. The highest BCUT2D eigenvalue weighted by molar-refractivity contribution is 9.25. The van der Waals surface area contributed by atoms with Crippen LogP contribution >= 0.6 is 31.9 Å². The van der Waals surface area contributed by atoms with E-state index in [0.717, 1.165) is 5.56 Å². The van der Waals surface area contributed by atoms with E-state index in [1.54, 1.807) is 32.6 Å². The van der Waals surface area contributed by atoms with Crippen LogP contribution in [0.4, 0.5) is 0 Å². The molecule has 7 heteroatoms. The predicted octanol–water partition coefficient (Wildman–Crippen LogP) is 3.05. The van der Waals surface area contributed by atoms with Crippen molar-refractivity contribution in [3.05, 3.63) is 23.8 Å². The van der Waals surface area contributed by atoms with Gasteiger partial charge in [0.1, 0.15) is 11.5 Å². The van der Waals surface area contributed by atoms with Gasteiger partial charge in [-0.15, -0.1) is 0 Å². The first-order chi connectivity index (χ1) is 9.84. The molecule has 1 aliphatic carbocycles. The third kappa shape index (κ3) is 3.23. The molecular weight excluding hydrogens is 404 g/mol. The zero-order chi connectivity index (χ0) is 15.7. The minimum absolute atomic E-state index is 0.139. The van der Waals surface area contributed by atoms with Crippen LogP contribution in [0.3, 0.4) is 0 Å². The van der Waals surface area contributed by atoms with Gasteiger partial charge in [0.05, 0.1) is 29.1 Å². The molecule has 114 valence electrons. The normalized spacial score (nSPS) is 22.9. The largest absolute Gasteiger partial charge is 0.497 e. The molecule has 0 saturated heterocycles. The summed E-state index contributed by atoms with van der Waals surface area (Å²) in [6, 6.07) is 5.37. The first-order valence-electron chi connectivity index (χ1n) is 6.27. The number of alkyl halides is 2. The van der Waals surface area contributed by atoms with Gasteiger partial charge in [0.2, 0.25) is 5.91 Å². The molecule has 0 bridgehead atoms. The Morgan fingerprint density at radius 2 is 2.05 bits per heavy atom. The third-order valence-electron chi connectivity index (χ3n) is 3.57. The third-order valence-corrected chi connectivity index (χ3v) is 5.88.